The normalized spacial score (nSPS) is 14.3. The number of amides is 1. The standard InChI is InChI=1S/C19H25ClN4O/c1-14(2)12-24-13-21-10-16(24)11-22-19(25)15-5-6-18(17(20)9-15)23-7-3-4-8-23/h5-6,9-10,13-14H,3-4,7-8,11-12H2,1-2H3,(H,22,25). The molecule has 1 fully saturated rings. The molecule has 2 heterocycles. The van der Waals surface area contributed by atoms with Crippen molar-refractivity contribution in [1.29, 1.82) is 0 Å². The van der Waals surface area contributed by atoms with Crippen molar-refractivity contribution >= 4 is 23.2 Å². The first-order valence-corrected chi connectivity index (χ1v) is 9.24. The lowest BCUT2D eigenvalue weighted by Crippen LogP contribution is -2.25. The SMILES string of the molecule is CC(C)Cn1cncc1CNC(=O)c1ccc(N2CCCC2)c(Cl)c1. The van der Waals surface area contributed by atoms with Crippen molar-refractivity contribution in [2.75, 3.05) is 18.0 Å². The van der Waals surface area contributed by atoms with E-state index in [0.717, 1.165) is 31.0 Å². The Balaban J connectivity index is 1.63. The molecule has 1 aromatic heterocycles. The molecule has 1 aliphatic rings. The minimum atomic E-state index is -0.118. The number of nitrogens with zero attached hydrogens (tertiary/aromatic N) is 3. The summed E-state index contributed by atoms with van der Waals surface area (Å²) in [5.74, 6) is 0.410. The van der Waals surface area contributed by atoms with Gasteiger partial charge >= 0.3 is 0 Å². The monoisotopic (exact) mass is 360 g/mol. The van der Waals surface area contributed by atoms with Gasteiger partial charge in [0, 0.05) is 31.4 Å². The van der Waals surface area contributed by atoms with Crippen LogP contribution in [0.25, 0.3) is 0 Å². The van der Waals surface area contributed by atoms with Gasteiger partial charge in [-0.1, -0.05) is 25.4 Å². The third kappa shape index (κ3) is 4.34. The van der Waals surface area contributed by atoms with Gasteiger partial charge in [-0.05, 0) is 37.0 Å². The zero-order valence-electron chi connectivity index (χ0n) is 14.8. The van der Waals surface area contributed by atoms with Gasteiger partial charge in [-0.15, -0.1) is 0 Å². The number of carbonyl (C=O) groups is 1. The fourth-order valence-electron chi connectivity index (χ4n) is 3.19. The third-order valence-electron chi connectivity index (χ3n) is 4.45. The summed E-state index contributed by atoms with van der Waals surface area (Å²) < 4.78 is 2.08. The van der Waals surface area contributed by atoms with Crippen LogP contribution >= 0.6 is 11.6 Å². The van der Waals surface area contributed by atoms with Crippen LogP contribution in [0.1, 0.15) is 42.7 Å². The Morgan fingerprint density at radius 2 is 2.08 bits per heavy atom. The number of hydrogen-bond donors (Lipinski definition) is 1. The predicted octanol–water partition coefficient (Wildman–Crippen LogP) is 3.72. The molecule has 6 heteroatoms. The zero-order valence-corrected chi connectivity index (χ0v) is 15.6. The van der Waals surface area contributed by atoms with E-state index in [0.29, 0.717) is 23.0 Å². The highest BCUT2D eigenvalue weighted by Crippen LogP contribution is 2.29. The molecular weight excluding hydrogens is 336 g/mol. The Bertz CT molecular complexity index is 735. The maximum Gasteiger partial charge on any atom is 0.251 e. The summed E-state index contributed by atoms with van der Waals surface area (Å²) in [5.41, 5.74) is 2.61. The Labute approximate surface area is 154 Å². The van der Waals surface area contributed by atoms with E-state index in [2.05, 4.69) is 33.6 Å². The molecule has 5 nitrogen and oxygen atoms in total. The third-order valence-corrected chi connectivity index (χ3v) is 4.75. The lowest BCUT2D eigenvalue weighted by molar-refractivity contribution is 0.0950. The summed E-state index contributed by atoms with van der Waals surface area (Å²) >= 11 is 6.40. The van der Waals surface area contributed by atoms with Gasteiger partial charge in [0.1, 0.15) is 0 Å². The first-order chi connectivity index (χ1) is 12.0. The Hall–Kier alpha value is -2.01. The summed E-state index contributed by atoms with van der Waals surface area (Å²) in [5, 5.41) is 3.60. The second kappa shape index (κ2) is 7.91. The first-order valence-electron chi connectivity index (χ1n) is 8.86. The molecular formula is C19H25ClN4O. The molecule has 1 saturated heterocycles. The average Bonchev–Trinajstić information content (AvgIpc) is 3.24. The quantitative estimate of drug-likeness (QED) is 0.854. The maximum atomic E-state index is 12.4. The van der Waals surface area contributed by atoms with Gasteiger partial charge in [0.25, 0.3) is 5.91 Å². The summed E-state index contributed by atoms with van der Waals surface area (Å²) in [4.78, 5) is 18.9. The number of imidazole rings is 1. The van der Waals surface area contributed by atoms with E-state index in [4.69, 9.17) is 11.6 Å². The largest absolute Gasteiger partial charge is 0.370 e. The number of halogens is 1. The molecule has 0 atom stereocenters. The molecule has 0 aliphatic carbocycles. The molecule has 1 aliphatic heterocycles. The minimum Gasteiger partial charge on any atom is -0.370 e. The fourth-order valence-corrected chi connectivity index (χ4v) is 3.49. The van der Waals surface area contributed by atoms with E-state index in [9.17, 15) is 4.79 Å². The van der Waals surface area contributed by atoms with Crippen LogP contribution in [-0.2, 0) is 13.1 Å². The van der Waals surface area contributed by atoms with Gasteiger partial charge < -0.3 is 14.8 Å². The van der Waals surface area contributed by atoms with Crippen LogP contribution in [0.5, 0.6) is 0 Å². The van der Waals surface area contributed by atoms with E-state index in [1.54, 1.807) is 12.3 Å². The van der Waals surface area contributed by atoms with Crippen LogP contribution < -0.4 is 10.2 Å². The number of aromatic nitrogens is 2. The highest BCUT2D eigenvalue weighted by atomic mass is 35.5. The first kappa shape index (κ1) is 17.8. The topological polar surface area (TPSA) is 50.2 Å². The van der Waals surface area contributed by atoms with Gasteiger partial charge in [0.05, 0.1) is 29.3 Å². The van der Waals surface area contributed by atoms with Crippen molar-refractivity contribution in [2.24, 2.45) is 5.92 Å². The zero-order chi connectivity index (χ0) is 17.8. The molecule has 0 radical (unpaired) electrons. The van der Waals surface area contributed by atoms with Crippen molar-refractivity contribution < 1.29 is 4.79 Å². The molecule has 3 rings (SSSR count). The molecule has 134 valence electrons. The lowest BCUT2D eigenvalue weighted by atomic mass is 10.1. The van der Waals surface area contributed by atoms with Crippen molar-refractivity contribution in [3.05, 3.63) is 47.0 Å². The Morgan fingerprint density at radius 1 is 1.32 bits per heavy atom. The summed E-state index contributed by atoms with van der Waals surface area (Å²) in [6.45, 7) is 7.73. The van der Waals surface area contributed by atoms with Gasteiger partial charge in [-0.25, -0.2) is 4.98 Å². The molecule has 1 N–H and O–H groups in total. The molecule has 0 bridgehead atoms. The number of carbonyl (C=O) groups excluding carboxylic acids is 1. The van der Waals surface area contributed by atoms with E-state index in [1.165, 1.54) is 12.8 Å². The van der Waals surface area contributed by atoms with E-state index >= 15 is 0 Å². The van der Waals surface area contributed by atoms with Gasteiger partial charge in [0.15, 0.2) is 0 Å². The Morgan fingerprint density at radius 3 is 2.76 bits per heavy atom. The molecule has 0 unspecified atom stereocenters. The molecule has 0 saturated carbocycles. The second-order valence-corrected chi connectivity index (χ2v) is 7.38. The van der Waals surface area contributed by atoms with E-state index in [-0.39, 0.29) is 5.91 Å². The van der Waals surface area contributed by atoms with Crippen molar-refractivity contribution in [1.82, 2.24) is 14.9 Å². The van der Waals surface area contributed by atoms with Crippen LogP contribution in [0.4, 0.5) is 5.69 Å². The van der Waals surface area contributed by atoms with Crippen molar-refractivity contribution in [2.45, 2.75) is 39.8 Å². The number of rotatable bonds is 6. The van der Waals surface area contributed by atoms with E-state index in [1.807, 2.05) is 18.5 Å². The minimum absolute atomic E-state index is 0.118. The van der Waals surface area contributed by atoms with Crippen LogP contribution in [0.2, 0.25) is 5.02 Å². The smallest absolute Gasteiger partial charge is 0.251 e. The number of nitrogens with one attached hydrogen (secondary N) is 1. The number of anilines is 1. The Kier molecular flexibility index (Phi) is 5.63. The van der Waals surface area contributed by atoms with Crippen molar-refractivity contribution in [3.8, 4) is 0 Å². The van der Waals surface area contributed by atoms with Crippen LogP contribution in [0.3, 0.4) is 0 Å². The van der Waals surface area contributed by atoms with E-state index < -0.39 is 0 Å². The van der Waals surface area contributed by atoms with Crippen LogP contribution in [0.15, 0.2) is 30.7 Å². The fraction of sp³-hybridized carbons (Fsp3) is 0.474. The van der Waals surface area contributed by atoms with Crippen LogP contribution in [-0.4, -0.2) is 28.5 Å². The summed E-state index contributed by atoms with van der Waals surface area (Å²) in [6, 6.07) is 5.56. The van der Waals surface area contributed by atoms with Gasteiger partial charge in [0.2, 0.25) is 0 Å². The van der Waals surface area contributed by atoms with Gasteiger partial charge in [-0.2, -0.15) is 0 Å². The second-order valence-electron chi connectivity index (χ2n) is 6.97. The van der Waals surface area contributed by atoms with Gasteiger partial charge in [-0.3, -0.25) is 4.79 Å². The molecule has 25 heavy (non-hydrogen) atoms. The summed E-state index contributed by atoms with van der Waals surface area (Å²) in [7, 11) is 0. The molecule has 0 spiro atoms. The number of benzene rings is 1. The number of hydrogen-bond acceptors (Lipinski definition) is 3. The van der Waals surface area contributed by atoms with Crippen LogP contribution in [0, 0.1) is 5.92 Å². The molecule has 1 aromatic carbocycles. The summed E-state index contributed by atoms with van der Waals surface area (Å²) in [6.07, 6.45) is 6.00. The maximum absolute atomic E-state index is 12.4. The van der Waals surface area contributed by atoms with Crippen molar-refractivity contribution in [3.63, 3.8) is 0 Å². The molecule has 1 amide bonds. The highest BCUT2D eigenvalue weighted by molar-refractivity contribution is 6.33. The molecule has 2 aromatic rings. The highest BCUT2D eigenvalue weighted by Gasteiger charge is 2.17. The lowest BCUT2D eigenvalue weighted by Gasteiger charge is -2.19. The predicted molar refractivity (Wildman–Crippen MR) is 101 cm³/mol. The average molecular weight is 361 g/mol.